The monoisotopic (exact) mass is 289 g/mol. The number of carbonyl (C=O) groups excluding carboxylic acids is 1. The van der Waals surface area contributed by atoms with E-state index in [1.54, 1.807) is 6.07 Å². The number of anilines is 1. The lowest BCUT2D eigenvalue weighted by Gasteiger charge is -2.16. The number of hydrogen-bond donors (Lipinski definition) is 3. The van der Waals surface area contributed by atoms with Gasteiger partial charge < -0.3 is 15.7 Å². The lowest BCUT2D eigenvalue weighted by molar-refractivity contribution is 0.0691. The van der Waals surface area contributed by atoms with Gasteiger partial charge in [-0.15, -0.1) is 0 Å². The number of hydrogen-bond acceptors (Lipinski definition) is 3. The third-order valence-corrected chi connectivity index (χ3v) is 4.21. The van der Waals surface area contributed by atoms with Gasteiger partial charge in [0.05, 0.1) is 5.69 Å². The van der Waals surface area contributed by atoms with Crippen molar-refractivity contribution >= 4 is 17.7 Å². The Morgan fingerprint density at radius 3 is 2.52 bits per heavy atom. The first-order chi connectivity index (χ1) is 10.1. The SMILES string of the molecule is O=C(NCC(C1CC1)C1CC1)Nc1cccnc1C(=O)O. The molecule has 1 aromatic heterocycles. The highest BCUT2D eigenvalue weighted by molar-refractivity contribution is 5.98. The summed E-state index contributed by atoms with van der Waals surface area (Å²) in [5.41, 5.74) is 0.0745. The molecule has 0 atom stereocenters. The molecular formula is C15H19N3O3. The Bertz CT molecular complexity index is 541. The summed E-state index contributed by atoms with van der Waals surface area (Å²) in [6.07, 6.45) is 6.49. The van der Waals surface area contributed by atoms with Crippen LogP contribution in [0.1, 0.15) is 36.2 Å². The molecule has 0 radical (unpaired) electrons. The molecular weight excluding hydrogens is 270 g/mol. The van der Waals surface area contributed by atoms with Crippen molar-refractivity contribution in [3.05, 3.63) is 24.0 Å². The van der Waals surface area contributed by atoms with Crippen LogP contribution in [0.25, 0.3) is 0 Å². The fourth-order valence-electron chi connectivity index (χ4n) is 2.82. The molecule has 0 aromatic carbocycles. The predicted octanol–water partition coefficient (Wildman–Crippen LogP) is 2.34. The minimum absolute atomic E-state index is 0.145. The summed E-state index contributed by atoms with van der Waals surface area (Å²) in [7, 11) is 0. The van der Waals surface area contributed by atoms with E-state index in [0.29, 0.717) is 12.5 Å². The van der Waals surface area contributed by atoms with E-state index in [0.717, 1.165) is 11.8 Å². The number of pyridine rings is 1. The molecule has 21 heavy (non-hydrogen) atoms. The Morgan fingerprint density at radius 1 is 1.29 bits per heavy atom. The smallest absolute Gasteiger partial charge is 0.356 e. The van der Waals surface area contributed by atoms with Crippen molar-refractivity contribution in [3.8, 4) is 0 Å². The van der Waals surface area contributed by atoms with Gasteiger partial charge in [-0.25, -0.2) is 14.6 Å². The highest BCUT2D eigenvalue weighted by Crippen LogP contribution is 2.48. The van der Waals surface area contributed by atoms with Crippen LogP contribution in [-0.4, -0.2) is 28.6 Å². The van der Waals surface area contributed by atoms with Crippen molar-refractivity contribution in [2.24, 2.45) is 17.8 Å². The lowest BCUT2D eigenvalue weighted by atomic mass is 9.98. The van der Waals surface area contributed by atoms with Crippen molar-refractivity contribution < 1.29 is 14.7 Å². The van der Waals surface area contributed by atoms with Gasteiger partial charge in [0.1, 0.15) is 0 Å². The fraction of sp³-hybridized carbons (Fsp3) is 0.533. The van der Waals surface area contributed by atoms with Crippen molar-refractivity contribution in [2.45, 2.75) is 25.7 Å². The molecule has 112 valence electrons. The van der Waals surface area contributed by atoms with Crippen molar-refractivity contribution in [1.82, 2.24) is 10.3 Å². The standard InChI is InChI=1S/C15H19N3O3/c19-14(20)13-12(2-1-7-16-13)18-15(21)17-8-11(9-3-4-9)10-5-6-10/h1-2,7,9-11H,3-6,8H2,(H,19,20)(H2,17,18,21). The molecule has 3 N–H and O–H groups in total. The van der Waals surface area contributed by atoms with Crippen LogP contribution >= 0.6 is 0 Å². The van der Waals surface area contributed by atoms with Gasteiger partial charge in [0.25, 0.3) is 0 Å². The first kappa shape index (κ1) is 13.9. The first-order valence-corrected chi connectivity index (χ1v) is 7.38. The van der Waals surface area contributed by atoms with Gasteiger partial charge in [0, 0.05) is 12.7 Å². The van der Waals surface area contributed by atoms with Crippen molar-refractivity contribution in [1.29, 1.82) is 0 Å². The Labute approximate surface area is 123 Å². The average Bonchev–Trinajstić information content (AvgIpc) is 3.33. The number of amides is 2. The Balaban J connectivity index is 1.55. The highest BCUT2D eigenvalue weighted by atomic mass is 16.4. The van der Waals surface area contributed by atoms with E-state index in [1.807, 2.05) is 0 Å². The number of aromatic carboxylic acids is 1. The molecule has 0 unspecified atom stereocenters. The van der Waals surface area contributed by atoms with E-state index in [-0.39, 0.29) is 17.4 Å². The van der Waals surface area contributed by atoms with E-state index in [2.05, 4.69) is 15.6 Å². The van der Waals surface area contributed by atoms with Gasteiger partial charge in [-0.3, -0.25) is 0 Å². The predicted molar refractivity (Wildman–Crippen MR) is 77.2 cm³/mol. The number of carboxylic acids is 1. The van der Waals surface area contributed by atoms with Gasteiger partial charge in [-0.1, -0.05) is 0 Å². The number of nitrogens with zero attached hydrogens (tertiary/aromatic N) is 1. The second-order valence-corrected chi connectivity index (χ2v) is 5.88. The molecule has 1 heterocycles. The molecule has 0 bridgehead atoms. The topological polar surface area (TPSA) is 91.3 Å². The van der Waals surface area contributed by atoms with Crippen LogP contribution in [0.15, 0.2) is 18.3 Å². The number of rotatable bonds is 6. The Hall–Kier alpha value is -2.11. The quantitative estimate of drug-likeness (QED) is 0.749. The number of carboxylic acid groups (broad SMARTS) is 1. The van der Waals surface area contributed by atoms with Gasteiger partial charge in [-0.05, 0) is 55.6 Å². The molecule has 6 nitrogen and oxygen atoms in total. The van der Waals surface area contributed by atoms with Crippen molar-refractivity contribution in [2.75, 3.05) is 11.9 Å². The van der Waals surface area contributed by atoms with Crippen LogP contribution in [0.2, 0.25) is 0 Å². The number of nitrogens with one attached hydrogen (secondary N) is 2. The number of urea groups is 1. The fourth-order valence-corrected chi connectivity index (χ4v) is 2.82. The summed E-state index contributed by atoms with van der Waals surface area (Å²) in [4.78, 5) is 26.7. The van der Waals surface area contributed by atoms with Gasteiger partial charge >= 0.3 is 12.0 Å². The summed E-state index contributed by atoms with van der Waals surface area (Å²) in [5.74, 6) is 0.972. The van der Waals surface area contributed by atoms with Gasteiger partial charge in [0.2, 0.25) is 0 Å². The highest BCUT2D eigenvalue weighted by Gasteiger charge is 2.41. The van der Waals surface area contributed by atoms with E-state index in [9.17, 15) is 9.59 Å². The minimum Gasteiger partial charge on any atom is -0.476 e. The van der Waals surface area contributed by atoms with E-state index in [4.69, 9.17) is 5.11 Å². The van der Waals surface area contributed by atoms with E-state index >= 15 is 0 Å². The molecule has 0 saturated heterocycles. The van der Waals surface area contributed by atoms with Crippen LogP contribution < -0.4 is 10.6 Å². The van der Waals surface area contributed by atoms with Gasteiger partial charge in [0.15, 0.2) is 5.69 Å². The second kappa shape index (κ2) is 5.71. The zero-order chi connectivity index (χ0) is 14.8. The summed E-state index contributed by atoms with van der Waals surface area (Å²) < 4.78 is 0. The van der Waals surface area contributed by atoms with Crippen LogP contribution in [0.4, 0.5) is 10.5 Å². The lowest BCUT2D eigenvalue weighted by Crippen LogP contribution is -2.34. The maximum Gasteiger partial charge on any atom is 0.356 e. The number of carbonyl (C=O) groups is 2. The molecule has 2 fully saturated rings. The summed E-state index contributed by atoms with van der Waals surface area (Å²) >= 11 is 0. The number of aromatic nitrogens is 1. The van der Waals surface area contributed by atoms with Crippen LogP contribution in [0, 0.1) is 17.8 Å². The molecule has 2 amide bonds. The van der Waals surface area contributed by atoms with E-state index < -0.39 is 5.97 Å². The normalized spacial score (nSPS) is 17.6. The Kier molecular flexibility index (Phi) is 3.77. The molecule has 1 aromatic rings. The third-order valence-electron chi connectivity index (χ3n) is 4.21. The molecule has 2 saturated carbocycles. The first-order valence-electron chi connectivity index (χ1n) is 7.38. The molecule has 2 aliphatic rings. The molecule has 6 heteroatoms. The molecule has 0 spiro atoms. The van der Waals surface area contributed by atoms with E-state index in [1.165, 1.54) is 37.9 Å². The van der Waals surface area contributed by atoms with Crippen LogP contribution in [0.5, 0.6) is 0 Å². The maximum atomic E-state index is 11.9. The zero-order valence-corrected chi connectivity index (χ0v) is 11.7. The molecule has 0 aliphatic heterocycles. The summed E-state index contributed by atoms with van der Waals surface area (Å²) in [6.45, 7) is 0.670. The summed E-state index contributed by atoms with van der Waals surface area (Å²) in [5, 5.41) is 14.5. The summed E-state index contributed by atoms with van der Waals surface area (Å²) in [6, 6.07) is 2.77. The minimum atomic E-state index is -1.15. The van der Waals surface area contributed by atoms with Crippen molar-refractivity contribution in [3.63, 3.8) is 0 Å². The van der Waals surface area contributed by atoms with Crippen LogP contribution in [0.3, 0.4) is 0 Å². The largest absolute Gasteiger partial charge is 0.476 e. The average molecular weight is 289 g/mol. The second-order valence-electron chi connectivity index (χ2n) is 5.88. The van der Waals surface area contributed by atoms with Crippen LogP contribution in [-0.2, 0) is 0 Å². The third kappa shape index (κ3) is 3.51. The maximum absolute atomic E-state index is 11.9. The van der Waals surface area contributed by atoms with Gasteiger partial charge in [-0.2, -0.15) is 0 Å². The molecule has 3 rings (SSSR count). The zero-order valence-electron chi connectivity index (χ0n) is 11.7. The Morgan fingerprint density at radius 2 is 1.95 bits per heavy atom. The molecule has 2 aliphatic carbocycles.